The molecule has 1 aromatic carbocycles. The first-order valence-electron chi connectivity index (χ1n) is 6.18. The maximum Gasteiger partial charge on any atom is 0.337 e. The van der Waals surface area contributed by atoms with E-state index in [1.807, 2.05) is 6.92 Å². The highest BCUT2D eigenvalue weighted by Gasteiger charge is 2.32. The number of hydrogen-bond acceptors (Lipinski definition) is 3. The monoisotopic (exact) mass is 274 g/mol. The third-order valence-electron chi connectivity index (χ3n) is 3.28. The van der Waals surface area contributed by atoms with Crippen LogP contribution in [0.4, 0.5) is 5.69 Å². The van der Waals surface area contributed by atoms with Crippen molar-refractivity contribution in [2.75, 3.05) is 18.0 Å². The number of amides is 1. The van der Waals surface area contributed by atoms with Crippen LogP contribution in [0.5, 0.6) is 0 Å². The van der Waals surface area contributed by atoms with E-state index in [1.54, 1.807) is 12.1 Å². The van der Waals surface area contributed by atoms with E-state index in [2.05, 4.69) is 10.0 Å². The highest BCUT2D eigenvalue weighted by molar-refractivity contribution is 6.03. The Balaban J connectivity index is 2.32. The van der Waals surface area contributed by atoms with Crippen molar-refractivity contribution in [1.29, 1.82) is 0 Å². The van der Waals surface area contributed by atoms with Gasteiger partial charge in [0.25, 0.3) is 0 Å². The normalized spacial score (nSPS) is 17.9. The number of carbonyl (C=O) groups excluding carboxylic acids is 1. The first kappa shape index (κ1) is 13.9. The molecule has 2 rings (SSSR count). The van der Waals surface area contributed by atoms with E-state index in [0.717, 1.165) is 5.56 Å². The second-order valence-corrected chi connectivity index (χ2v) is 4.81. The molecule has 1 aliphatic heterocycles. The summed E-state index contributed by atoms with van der Waals surface area (Å²) < 4.78 is 0. The Kier molecular flexibility index (Phi) is 3.91. The molecule has 0 bridgehead atoms. The third-order valence-corrected chi connectivity index (χ3v) is 3.28. The summed E-state index contributed by atoms with van der Waals surface area (Å²) >= 11 is 0. The van der Waals surface area contributed by atoms with Gasteiger partial charge in [-0.2, -0.15) is 0 Å². The van der Waals surface area contributed by atoms with Crippen molar-refractivity contribution in [3.8, 4) is 0 Å². The van der Waals surface area contributed by atoms with E-state index in [0.29, 0.717) is 12.2 Å². The summed E-state index contributed by atoms with van der Waals surface area (Å²) in [6.07, 6.45) is 0.270. The highest BCUT2D eigenvalue weighted by atomic mass is 16.4. The van der Waals surface area contributed by atoms with Crippen molar-refractivity contribution in [1.82, 2.24) is 0 Å². The zero-order valence-electron chi connectivity index (χ0n) is 11.0. The molecule has 104 valence electrons. The van der Waals surface area contributed by atoms with Crippen molar-refractivity contribution < 1.29 is 14.7 Å². The molecule has 1 heterocycles. The van der Waals surface area contributed by atoms with Crippen LogP contribution in [-0.2, 0) is 4.79 Å². The molecule has 20 heavy (non-hydrogen) atoms. The molecule has 1 atom stereocenters. The van der Waals surface area contributed by atoms with E-state index in [1.165, 1.54) is 11.0 Å². The van der Waals surface area contributed by atoms with E-state index in [4.69, 9.17) is 5.53 Å². The van der Waals surface area contributed by atoms with Gasteiger partial charge in [0.15, 0.2) is 0 Å². The number of azide groups is 1. The molecule has 0 spiro atoms. The van der Waals surface area contributed by atoms with E-state index >= 15 is 0 Å². The van der Waals surface area contributed by atoms with Crippen LogP contribution < -0.4 is 4.90 Å². The van der Waals surface area contributed by atoms with Gasteiger partial charge >= 0.3 is 5.97 Å². The number of carboxylic acid groups (broad SMARTS) is 1. The molecule has 1 aliphatic rings. The average molecular weight is 274 g/mol. The molecule has 0 saturated carbocycles. The van der Waals surface area contributed by atoms with Crippen LogP contribution in [0.25, 0.3) is 10.4 Å². The van der Waals surface area contributed by atoms with Gasteiger partial charge < -0.3 is 10.0 Å². The fraction of sp³-hybridized carbons (Fsp3) is 0.385. The average Bonchev–Trinajstić information content (AvgIpc) is 2.77. The summed E-state index contributed by atoms with van der Waals surface area (Å²) in [5.74, 6) is -1.27. The largest absolute Gasteiger partial charge is 0.478 e. The lowest BCUT2D eigenvalue weighted by Gasteiger charge is -2.19. The topological polar surface area (TPSA) is 106 Å². The molecule has 1 aromatic rings. The molecule has 1 fully saturated rings. The van der Waals surface area contributed by atoms with E-state index in [9.17, 15) is 14.7 Å². The number of aryl methyl sites for hydroxylation is 1. The van der Waals surface area contributed by atoms with Crippen LogP contribution in [0.1, 0.15) is 22.3 Å². The summed E-state index contributed by atoms with van der Waals surface area (Å²) in [5, 5.41) is 12.7. The summed E-state index contributed by atoms with van der Waals surface area (Å²) in [7, 11) is 0. The summed E-state index contributed by atoms with van der Waals surface area (Å²) in [6.45, 7) is 2.46. The van der Waals surface area contributed by atoms with Gasteiger partial charge in [-0.1, -0.05) is 11.2 Å². The lowest BCUT2D eigenvalue weighted by molar-refractivity contribution is -0.117. The van der Waals surface area contributed by atoms with Crippen LogP contribution in [0.15, 0.2) is 23.3 Å². The Bertz CT molecular complexity index is 608. The summed E-state index contributed by atoms with van der Waals surface area (Å²) in [5.41, 5.74) is 9.71. The number of rotatable bonds is 4. The molecule has 1 N–H and O–H groups in total. The minimum atomic E-state index is -1.06. The number of benzene rings is 1. The SMILES string of the molecule is Cc1ccc(C(=O)O)c(N2CC(CN=[N+]=[N-])CC2=O)c1. The predicted octanol–water partition coefficient (Wildman–Crippen LogP) is 2.36. The molecule has 1 saturated heterocycles. The molecular formula is C13H14N4O3. The van der Waals surface area contributed by atoms with Crippen molar-refractivity contribution >= 4 is 17.6 Å². The Labute approximate surface area is 115 Å². The van der Waals surface area contributed by atoms with Gasteiger partial charge in [-0.05, 0) is 36.1 Å². The first-order chi connectivity index (χ1) is 9.52. The molecule has 1 amide bonds. The molecule has 0 aromatic heterocycles. The second-order valence-electron chi connectivity index (χ2n) is 4.81. The fourth-order valence-corrected chi connectivity index (χ4v) is 2.33. The van der Waals surface area contributed by atoms with E-state index < -0.39 is 5.97 Å². The van der Waals surface area contributed by atoms with Gasteiger partial charge in [0.2, 0.25) is 5.91 Å². The van der Waals surface area contributed by atoms with Crippen LogP contribution in [-0.4, -0.2) is 30.1 Å². The number of aromatic carboxylic acids is 1. The Morgan fingerprint density at radius 2 is 2.35 bits per heavy atom. The van der Waals surface area contributed by atoms with Crippen molar-refractivity contribution in [3.63, 3.8) is 0 Å². The smallest absolute Gasteiger partial charge is 0.337 e. The molecule has 0 aliphatic carbocycles. The van der Waals surface area contributed by atoms with Crippen LogP contribution in [0.2, 0.25) is 0 Å². The number of anilines is 1. The zero-order valence-corrected chi connectivity index (χ0v) is 11.0. The van der Waals surface area contributed by atoms with E-state index in [-0.39, 0.29) is 30.4 Å². The van der Waals surface area contributed by atoms with Gasteiger partial charge in [-0.25, -0.2) is 4.79 Å². The molecule has 7 heteroatoms. The summed E-state index contributed by atoms with van der Waals surface area (Å²) in [6, 6.07) is 4.89. The Hall–Kier alpha value is -2.53. The second kappa shape index (κ2) is 5.63. The van der Waals surface area contributed by atoms with Gasteiger partial charge in [0.1, 0.15) is 0 Å². The highest BCUT2D eigenvalue weighted by Crippen LogP contribution is 2.29. The maximum atomic E-state index is 12.0. The van der Waals surface area contributed by atoms with Gasteiger partial charge in [0, 0.05) is 24.4 Å². The van der Waals surface area contributed by atoms with Crippen molar-refractivity contribution in [2.45, 2.75) is 13.3 Å². The Morgan fingerprint density at radius 1 is 1.60 bits per heavy atom. The maximum absolute atomic E-state index is 12.0. The molecular weight excluding hydrogens is 260 g/mol. The van der Waals surface area contributed by atoms with Crippen molar-refractivity contribution in [2.24, 2.45) is 11.0 Å². The number of carboxylic acids is 1. The minimum absolute atomic E-state index is 0.0689. The Morgan fingerprint density at radius 3 is 3.00 bits per heavy atom. The fourth-order valence-electron chi connectivity index (χ4n) is 2.33. The van der Waals surface area contributed by atoms with Gasteiger partial charge in [-0.15, -0.1) is 0 Å². The lowest BCUT2D eigenvalue weighted by Crippen LogP contribution is -2.26. The quantitative estimate of drug-likeness (QED) is 0.517. The predicted molar refractivity (Wildman–Crippen MR) is 72.6 cm³/mol. The number of hydrogen-bond donors (Lipinski definition) is 1. The van der Waals surface area contributed by atoms with Crippen LogP contribution >= 0.6 is 0 Å². The molecule has 1 unspecified atom stereocenters. The van der Waals surface area contributed by atoms with Gasteiger partial charge in [0.05, 0.1) is 11.3 Å². The van der Waals surface area contributed by atoms with Gasteiger partial charge in [-0.3, -0.25) is 4.79 Å². The third kappa shape index (κ3) is 2.73. The van der Waals surface area contributed by atoms with Crippen LogP contribution in [0.3, 0.4) is 0 Å². The zero-order chi connectivity index (χ0) is 14.7. The first-order valence-corrected chi connectivity index (χ1v) is 6.18. The standard InChI is InChI=1S/C13H14N4O3/c1-8-2-3-10(13(19)20)11(4-8)17-7-9(5-12(17)18)6-15-16-14/h2-4,9H,5-7H2,1H3,(H,19,20). The van der Waals surface area contributed by atoms with Crippen molar-refractivity contribution in [3.05, 3.63) is 39.8 Å². The summed E-state index contributed by atoms with van der Waals surface area (Å²) in [4.78, 5) is 27.4. The molecule has 0 radical (unpaired) electrons. The number of nitrogens with zero attached hydrogens (tertiary/aromatic N) is 4. The number of carbonyl (C=O) groups is 2. The van der Waals surface area contributed by atoms with Crippen LogP contribution in [0, 0.1) is 12.8 Å². The molecule has 7 nitrogen and oxygen atoms in total. The minimum Gasteiger partial charge on any atom is -0.478 e. The lowest BCUT2D eigenvalue weighted by atomic mass is 10.1.